The zero-order valence-electron chi connectivity index (χ0n) is 16.4. The summed E-state index contributed by atoms with van der Waals surface area (Å²) in [6, 6.07) is 9.52. The van der Waals surface area contributed by atoms with E-state index in [9.17, 15) is 4.79 Å². The lowest BCUT2D eigenvalue weighted by molar-refractivity contribution is -0.117. The number of amides is 1. The number of hydrogen-bond acceptors (Lipinski definition) is 6. The molecule has 0 unspecified atom stereocenters. The second-order valence-electron chi connectivity index (χ2n) is 7.84. The van der Waals surface area contributed by atoms with Crippen LogP contribution < -0.4 is 10.6 Å². The van der Waals surface area contributed by atoms with Crippen LogP contribution in [0.4, 0.5) is 11.6 Å². The average molecular weight is 416 g/mol. The van der Waals surface area contributed by atoms with Crippen LogP contribution in [0.3, 0.4) is 0 Å². The highest BCUT2D eigenvalue weighted by Gasteiger charge is 2.42. The Morgan fingerprint density at radius 1 is 1.17 bits per heavy atom. The molecule has 2 aromatic rings. The van der Waals surface area contributed by atoms with Crippen LogP contribution in [0.15, 0.2) is 42.7 Å². The van der Waals surface area contributed by atoms with Gasteiger partial charge in [0, 0.05) is 32.6 Å². The first kappa shape index (κ1) is 20.1. The normalized spacial score (nSPS) is 26.7. The summed E-state index contributed by atoms with van der Waals surface area (Å²) >= 11 is 5.84. The van der Waals surface area contributed by atoms with E-state index in [1.807, 2.05) is 18.2 Å². The molecule has 29 heavy (non-hydrogen) atoms. The number of rotatable bonds is 6. The van der Waals surface area contributed by atoms with Gasteiger partial charge in [-0.1, -0.05) is 17.7 Å². The lowest BCUT2D eigenvalue weighted by Gasteiger charge is -2.37. The maximum absolute atomic E-state index is 12.4. The summed E-state index contributed by atoms with van der Waals surface area (Å²) in [5.74, 6) is 2.44. The van der Waals surface area contributed by atoms with E-state index in [0.29, 0.717) is 29.2 Å². The summed E-state index contributed by atoms with van der Waals surface area (Å²) < 4.78 is 5.78. The van der Waals surface area contributed by atoms with E-state index in [2.05, 4.69) is 25.5 Å². The molecule has 2 aromatic heterocycles. The number of ether oxygens (including phenoxy) is 1. The molecule has 154 valence electrons. The molecule has 0 bridgehead atoms. The number of nitrogens with one attached hydrogen (secondary N) is 2. The Morgan fingerprint density at radius 3 is 2.69 bits per heavy atom. The van der Waals surface area contributed by atoms with Crippen molar-refractivity contribution in [2.45, 2.75) is 25.0 Å². The van der Waals surface area contributed by atoms with E-state index in [0.717, 1.165) is 31.7 Å². The number of aromatic nitrogens is 2. The molecule has 2 fully saturated rings. The summed E-state index contributed by atoms with van der Waals surface area (Å²) in [5.41, 5.74) is 0. The number of hydrogen-bond donors (Lipinski definition) is 2. The van der Waals surface area contributed by atoms with E-state index in [1.54, 1.807) is 25.4 Å². The third-order valence-electron chi connectivity index (χ3n) is 5.86. The Hall–Kier alpha value is -2.22. The quantitative estimate of drug-likeness (QED) is 0.755. The fourth-order valence-electron chi connectivity index (χ4n) is 4.53. The van der Waals surface area contributed by atoms with Gasteiger partial charge in [0.1, 0.15) is 11.6 Å². The molecule has 1 amide bonds. The van der Waals surface area contributed by atoms with Gasteiger partial charge in [-0.15, -0.1) is 0 Å². The van der Waals surface area contributed by atoms with Gasteiger partial charge in [0.25, 0.3) is 0 Å². The number of halogens is 1. The molecule has 4 atom stereocenters. The molecule has 7 nitrogen and oxygen atoms in total. The van der Waals surface area contributed by atoms with Gasteiger partial charge in [-0.25, -0.2) is 9.97 Å². The molecule has 0 radical (unpaired) electrons. The largest absolute Gasteiger partial charge is 0.379 e. The molecule has 1 saturated heterocycles. The number of likely N-dealkylation sites (tertiary alicyclic amines) is 1. The first-order valence-corrected chi connectivity index (χ1v) is 10.3. The van der Waals surface area contributed by atoms with Crippen molar-refractivity contribution in [1.29, 1.82) is 0 Å². The topological polar surface area (TPSA) is 79.4 Å². The Labute approximate surface area is 175 Å². The first-order valence-electron chi connectivity index (χ1n) is 9.95. The zero-order chi connectivity index (χ0) is 20.2. The fraction of sp³-hybridized carbons (Fsp3) is 0.476. The molecule has 2 aliphatic rings. The summed E-state index contributed by atoms with van der Waals surface area (Å²) in [7, 11) is 1.78. The van der Waals surface area contributed by atoms with Crippen molar-refractivity contribution in [3.8, 4) is 0 Å². The Balaban J connectivity index is 1.32. The molecule has 2 N–H and O–H groups in total. The van der Waals surface area contributed by atoms with Crippen LogP contribution in [0.25, 0.3) is 0 Å². The zero-order valence-corrected chi connectivity index (χ0v) is 17.2. The molecule has 1 aliphatic heterocycles. The second kappa shape index (κ2) is 9.07. The van der Waals surface area contributed by atoms with Crippen LogP contribution in [0.5, 0.6) is 0 Å². The summed E-state index contributed by atoms with van der Waals surface area (Å²) in [6.45, 7) is 2.21. The van der Waals surface area contributed by atoms with E-state index in [-0.39, 0.29) is 18.1 Å². The maximum atomic E-state index is 12.4. The van der Waals surface area contributed by atoms with Gasteiger partial charge in [0.05, 0.1) is 23.7 Å². The first-order chi connectivity index (χ1) is 14.1. The van der Waals surface area contributed by atoms with Gasteiger partial charge in [0.15, 0.2) is 0 Å². The van der Waals surface area contributed by atoms with Crippen LogP contribution in [-0.4, -0.2) is 59.7 Å². The van der Waals surface area contributed by atoms with Crippen molar-refractivity contribution >= 4 is 29.1 Å². The van der Waals surface area contributed by atoms with Crippen molar-refractivity contribution in [2.24, 2.45) is 11.8 Å². The Morgan fingerprint density at radius 2 is 2.00 bits per heavy atom. The predicted molar refractivity (Wildman–Crippen MR) is 113 cm³/mol. The molecular weight excluding hydrogens is 390 g/mol. The van der Waals surface area contributed by atoms with E-state index in [1.165, 1.54) is 6.20 Å². The SMILES string of the molecule is CO[C@@H]1C[C@H]2CN(CC(=O)Nc3ccc(Cl)cn3)C[C@H]2C[C@H]1Nc1ccccn1. The minimum Gasteiger partial charge on any atom is -0.379 e. The van der Waals surface area contributed by atoms with Crippen molar-refractivity contribution in [1.82, 2.24) is 14.9 Å². The van der Waals surface area contributed by atoms with Crippen molar-refractivity contribution in [3.05, 3.63) is 47.7 Å². The summed E-state index contributed by atoms with van der Waals surface area (Å²) in [6.07, 6.45) is 5.46. The van der Waals surface area contributed by atoms with Crippen LogP contribution >= 0.6 is 11.6 Å². The minimum absolute atomic E-state index is 0.0510. The molecule has 1 aliphatic carbocycles. The molecule has 8 heteroatoms. The highest BCUT2D eigenvalue weighted by Crippen LogP contribution is 2.38. The maximum Gasteiger partial charge on any atom is 0.239 e. The fourth-order valence-corrected chi connectivity index (χ4v) is 4.64. The monoisotopic (exact) mass is 415 g/mol. The third kappa shape index (κ3) is 5.04. The standard InChI is InChI=1S/C21H26ClN5O2/c1-29-18-9-15-12-27(13-21(28)26-20-6-5-16(22)10-24-20)11-14(15)8-17(18)25-19-4-2-3-7-23-19/h2-7,10,14-15,17-18H,8-9,11-13H2,1H3,(H,23,25)(H,24,26,28)/t14-,15+,17-,18-/m1/s1. The van der Waals surface area contributed by atoms with E-state index < -0.39 is 0 Å². The highest BCUT2D eigenvalue weighted by atomic mass is 35.5. The Kier molecular flexibility index (Phi) is 6.28. The molecule has 3 heterocycles. The Bertz CT molecular complexity index is 820. The number of pyridine rings is 2. The summed E-state index contributed by atoms with van der Waals surface area (Å²) in [5, 5.41) is 6.93. The number of carbonyl (C=O) groups excluding carboxylic acids is 1. The number of fused-ring (bicyclic) bond motifs is 1. The van der Waals surface area contributed by atoms with Gasteiger partial charge in [-0.2, -0.15) is 0 Å². The smallest absolute Gasteiger partial charge is 0.239 e. The number of nitrogens with zero attached hydrogens (tertiary/aromatic N) is 3. The van der Waals surface area contributed by atoms with Gasteiger partial charge < -0.3 is 15.4 Å². The van der Waals surface area contributed by atoms with Crippen LogP contribution in [0.2, 0.25) is 5.02 Å². The van der Waals surface area contributed by atoms with Crippen LogP contribution in [0, 0.1) is 11.8 Å². The number of methoxy groups -OCH3 is 1. The predicted octanol–water partition coefficient (Wildman–Crippen LogP) is 2.91. The third-order valence-corrected chi connectivity index (χ3v) is 6.08. The van der Waals surface area contributed by atoms with Gasteiger partial charge >= 0.3 is 0 Å². The van der Waals surface area contributed by atoms with Crippen molar-refractivity contribution in [3.63, 3.8) is 0 Å². The van der Waals surface area contributed by atoms with E-state index in [4.69, 9.17) is 16.3 Å². The molecule has 0 spiro atoms. The number of anilines is 2. The molecule has 1 saturated carbocycles. The lowest BCUT2D eigenvalue weighted by Crippen LogP contribution is -2.44. The van der Waals surface area contributed by atoms with Crippen molar-refractivity contribution in [2.75, 3.05) is 37.4 Å². The molecular formula is C21H26ClN5O2. The second-order valence-corrected chi connectivity index (χ2v) is 8.27. The van der Waals surface area contributed by atoms with Gasteiger partial charge in [-0.3, -0.25) is 9.69 Å². The van der Waals surface area contributed by atoms with Crippen molar-refractivity contribution < 1.29 is 9.53 Å². The lowest BCUT2D eigenvalue weighted by atomic mass is 9.77. The number of carbonyl (C=O) groups is 1. The van der Waals surface area contributed by atoms with Crippen LogP contribution in [0.1, 0.15) is 12.8 Å². The summed E-state index contributed by atoms with van der Waals surface area (Å²) in [4.78, 5) is 23.2. The van der Waals surface area contributed by atoms with Crippen LogP contribution in [-0.2, 0) is 9.53 Å². The highest BCUT2D eigenvalue weighted by molar-refractivity contribution is 6.30. The average Bonchev–Trinajstić information content (AvgIpc) is 3.10. The molecule has 4 rings (SSSR count). The van der Waals surface area contributed by atoms with Gasteiger partial charge in [-0.05, 0) is 48.9 Å². The minimum atomic E-state index is -0.0510. The van der Waals surface area contributed by atoms with Gasteiger partial charge in [0.2, 0.25) is 5.91 Å². The van der Waals surface area contributed by atoms with E-state index >= 15 is 0 Å². The molecule has 0 aromatic carbocycles.